The number of nitrogens with two attached hydrogens (primary N) is 2. The molecule has 0 aromatic carbocycles. The lowest BCUT2D eigenvalue weighted by Gasteiger charge is -2.36. The Morgan fingerprint density at radius 3 is 2.42 bits per heavy atom. The van der Waals surface area contributed by atoms with Crippen molar-refractivity contribution in [2.45, 2.75) is 37.1 Å². The first-order valence-electron chi connectivity index (χ1n) is 9.64. The molecule has 0 aliphatic carbocycles. The molecule has 0 spiro atoms. The van der Waals surface area contributed by atoms with Gasteiger partial charge in [-0.2, -0.15) is 8.42 Å². The van der Waals surface area contributed by atoms with Crippen molar-refractivity contribution in [3.63, 3.8) is 0 Å². The first-order valence-corrected chi connectivity index (χ1v) is 14.9. The Hall–Kier alpha value is 0.340. The highest BCUT2D eigenvalue weighted by Crippen LogP contribution is 2.50. The summed E-state index contributed by atoms with van der Waals surface area (Å²) >= 11 is 12.7. The van der Waals surface area contributed by atoms with Gasteiger partial charge >= 0.3 is 13.6 Å². The Morgan fingerprint density at radius 2 is 1.94 bits per heavy atom. The van der Waals surface area contributed by atoms with Crippen molar-refractivity contribution >= 4 is 58.7 Å². The fourth-order valence-corrected chi connectivity index (χ4v) is 7.44. The number of unbranched alkanes of at least 4 members (excludes halogenated alkanes) is 1. The SMILES string of the molecule is NCCCC[C@H](N)C(=O)O.O=P1(N(CCCl)CCCl)NC(SCCS(=O)(=O)O)CCO1. The van der Waals surface area contributed by atoms with Crippen molar-refractivity contribution in [2.75, 3.05) is 49.5 Å². The zero-order valence-corrected chi connectivity index (χ0v) is 21.2. The van der Waals surface area contributed by atoms with Gasteiger partial charge in [-0.1, -0.05) is 6.42 Å². The monoisotopic (exact) mass is 546 g/mol. The summed E-state index contributed by atoms with van der Waals surface area (Å²) in [6.45, 7) is 1.66. The van der Waals surface area contributed by atoms with Crippen LogP contribution in [0.5, 0.6) is 0 Å². The van der Waals surface area contributed by atoms with Gasteiger partial charge in [-0.15, -0.1) is 35.0 Å². The van der Waals surface area contributed by atoms with Gasteiger partial charge in [0.05, 0.1) is 17.7 Å². The standard InChI is InChI=1S/C9H19Cl2N2O5PS2.C6H14N2O2/c10-2-4-13(5-3-11)19(14)12-9(1-6-18-19)20-7-8-21(15,16)17;7-4-2-1-3-5(8)6(9)10/h9H,1-8H2,(H,12,14)(H,15,16,17);5H,1-4,7-8H2,(H,9,10)/t;5-/m.0/s1. The molecule has 16 heteroatoms. The number of thioether (sulfide) groups is 1. The number of carboxylic acids is 1. The lowest BCUT2D eigenvalue weighted by Crippen LogP contribution is -2.40. The van der Waals surface area contributed by atoms with Crippen molar-refractivity contribution in [2.24, 2.45) is 11.5 Å². The molecule has 1 fully saturated rings. The normalized spacial score (nSPS) is 22.6. The molecule has 0 bridgehead atoms. The number of halogens is 2. The Bertz CT molecular complexity index is 657. The van der Waals surface area contributed by atoms with E-state index in [0.29, 0.717) is 50.8 Å². The summed E-state index contributed by atoms with van der Waals surface area (Å²) in [5.41, 5.74) is 10.4. The van der Waals surface area contributed by atoms with E-state index in [1.807, 2.05) is 0 Å². The van der Waals surface area contributed by atoms with Crippen molar-refractivity contribution in [3.8, 4) is 0 Å². The molecular weight excluding hydrogens is 514 g/mol. The Morgan fingerprint density at radius 1 is 1.32 bits per heavy atom. The van der Waals surface area contributed by atoms with E-state index in [9.17, 15) is 17.8 Å². The molecule has 3 atom stereocenters. The molecule has 0 amide bonds. The van der Waals surface area contributed by atoms with Crippen LogP contribution in [-0.4, -0.2) is 89.6 Å². The van der Waals surface area contributed by atoms with Gasteiger partial charge in [0.25, 0.3) is 10.1 Å². The quantitative estimate of drug-likeness (QED) is 0.0912. The summed E-state index contributed by atoms with van der Waals surface area (Å²) in [5.74, 6) is -0.466. The summed E-state index contributed by atoms with van der Waals surface area (Å²) in [6.07, 6.45) is 2.76. The number of carboxylic acid groups (broad SMARTS) is 1. The third-order valence-corrected chi connectivity index (χ3v) is 8.96. The van der Waals surface area contributed by atoms with Gasteiger partial charge in [-0.3, -0.25) is 13.9 Å². The molecule has 7 N–H and O–H groups in total. The van der Waals surface area contributed by atoms with Crippen LogP contribution in [0.2, 0.25) is 0 Å². The number of aliphatic carboxylic acids is 1. The summed E-state index contributed by atoms with van der Waals surface area (Å²) in [4.78, 5) is 10.1. The maximum absolute atomic E-state index is 12.8. The minimum Gasteiger partial charge on any atom is -0.480 e. The van der Waals surface area contributed by atoms with Gasteiger partial charge < -0.3 is 21.1 Å². The fraction of sp³-hybridized carbons (Fsp3) is 0.933. The van der Waals surface area contributed by atoms with Crippen LogP contribution < -0.4 is 16.6 Å². The van der Waals surface area contributed by atoms with Gasteiger partial charge in [-0.05, 0) is 25.8 Å². The summed E-state index contributed by atoms with van der Waals surface area (Å²) in [6, 6.07) is -0.716. The van der Waals surface area contributed by atoms with Gasteiger partial charge in [0.2, 0.25) is 0 Å². The lowest BCUT2D eigenvalue weighted by molar-refractivity contribution is -0.138. The van der Waals surface area contributed by atoms with Crippen molar-refractivity contribution in [3.05, 3.63) is 0 Å². The molecule has 0 aromatic rings. The molecule has 0 radical (unpaired) electrons. The number of hydrogen-bond donors (Lipinski definition) is 5. The van der Waals surface area contributed by atoms with Gasteiger partial charge in [-0.25, -0.2) is 9.76 Å². The number of nitrogens with one attached hydrogen (secondary N) is 1. The second kappa shape index (κ2) is 16.9. The largest absolute Gasteiger partial charge is 0.480 e. The molecule has 31 heavy (non-hydrogen) atoms. The molecule has 1 aliphatic heterocycles. The Balaban J connectivity index is 0.000000759. The summed E-state index contributed by atoms with van der Waals surface area (Å²) < 4.78 is 49.8. The highest BCUT2D eigenvalue weighted by molar-refractivity contribution is 8.01. The van der Waals surface area contributed by atoms with Crippen LogP contribution in [0.1, 0.15) is 25.7 Å². The predicted molar refractivity (Wildman–Crippen MR) is 126 cm³/mol. The van der Waals surface area contributed by atoms with Crippen LogP contribution in [-0.2, 0) is 24.0 Å². The van der Waals surface area contributed by atoms with Crippen LogP contribution in [0, 0.1) is 0 Å². The number of alkyl halides is 2. The van der Waals surface area contributed by atoms with E-state index >= 15 is 0 Å². The van der Waals surface area contributed by atoms with Gasteiger partial charge in [0, 0.05) is 30.6 Å². The number of hydrogen-bond acceptors (Lipinski definition) is 8. The third-order valence-electron chi connectivity index (χ3n) is 3.96. The van der Waals surface area contributed by atoms with Crippen molar-refractivity contribution < 1.29 is 32.0 Å². The maximum Gasteiger partial charge on any atom is 0.344 e. The topological polar surface area (TPSA) is 185 Å². The minimum absolute atomic E-state index is 0.209. The van der Waals surface area contributed by atoms with Crippen LogP contribution in [0.3, 0.4) is 0 Å². The molecule has 1 heterocycles. The molecule has 11 nitrogen and oxygen atoms in total. The van der Waals surface area contributed by atoms with Crippen LogP contribution in [0.4, 0.5) is 0 Å². The molecule has 1 aliphatic rings. The summed E-state index contributed by atoms with van der Waals surface area (Å²) in [5, 5.41) is 11.0. The van der Waals surface area contributed by atoms with E-state index in [2.05, 4.69) is 5.09 Å². The third kappa shape index (κ3) is 15.0. The number of carbonyl (C=O) groups is 1. The highest BCUT2D eigenvalue weighted by Gasteiger charge is 2.37. The van der Waals surface area contributed by atoms with E-state index in [0.717, 1.165) is 12.8 Å². The van der Waals surface area contributed by atoms with Gasteiger partial charge in [0.15, 0.2) is 0 Å². The Kier molecular flexibility index (Phi) is 17.1. The maximum atomic E-state index is 12.8. The molecule has 1 rings (SSSR count). The predicted octanol–water partition coefficient (Wildman–Crippen LogP) is 1.36. The van der Waals surface area contributed by atoms with E-state index in [1.54, 1.807) is 4.67 Å². The van der Waals surface area contributed by atoms with E-state index in [1.165, 1.54) is 11.8 Å². The molecular formula is C15H33Cl2N4O7PS2. The first-order chi connectivity index (χ1) is 14.5. The lowest BCUT2D eigenvalue weighted by atomic mass is 10.1. The molecule has 0 aromatic heterocycles. The zero-order valence-electron chi connectivity index (χ0n) is 17.2. The minimum atomic E-state index is -3.98. The fourth-order valence-electron chi connectivity index (χ4n) is 2.35. The van der Waals surface area contributed by atoms with Crippen LogP contribution in [0.15, 0.2) is 0 Å². The smallest absolute Gasteiger partial charge is 0.344 e. The Labute approximate surface area is 198 Å². The molecule has 1 saturated heterocycles. The number of nitrogens with zero attached hydrogens (tertiary/aromatic N) is 1. The van der Waals surface area contributed by atoms with E-state index in [-0.39, 0.29) is 16.9 Å². The van der Waals surface area contributed by atoms with Crippen molar-refractivity contribution in [1.82, 2.24) is 9.76 Å². The van der Waals surface area contributed by atoms with Crippen LogP contribution in [0.25, 0.3) is 0 Å². The first kappa shape index (κ1) is 31.3. The van der Waals surface area contributed by atoms with Crippen molar-refractivity contribution in [1.29, 1.82) is 0 Å². The van der Waals surface area contributed by atoms with E-state index in [4.69, 9.17) is 48.9 Å². The molecule has 2 unspecified atom stereocenters. The average molecular weight is 547 g/mol. The van der Waals surface area contributed by atoms with E-state index < -0.39 is 29.8 Å². The average Bonchev–Trinajstić information content (AvgIpc) is 2.67. The van der Waals surface area contributed by atoms with Gasteiger partial charge in [0.1, 0.15) is 6.04 Å². The zero-order chi connectivity index (χ0) is 23.9. The highest BCUT2D eigenvalue weighted by atomic mass is 35.5. The number of rotatable bonds is 14. The van der Waals surface area contributed by atoms with Crippen LogP contribution >= 0.6 is 42.6 Å². The second-order valence-electron chi connectivity index (χ2n) is 6.48. The second-order valence-corrected chi connectivity index (χ2v) is 12.2. The summed E-state index contributed by atoms with van der Waals surface area (Å²) in [7, 11) is -7.19. The molecule has 186 valence electrons. The molecule has 0 saturated carbocycles.